The molecule has 0 radical (unpaired) electrons. The normalized spacial score (nSPS) is 10.8. The number of hydrogen-bond donors (Lipinski definition) is 1. The number of halogens is 1. The van der Waals surface area contributed by atoms with Crippen LogP contribution in [0.4, 0.5) is 5.13 Å². The van der Waals surface area contributed by atoms with E-state index in [0.29, 0.717) is 21.7 Å². The summed E-state index contributed by atoms with van der Waals surface area (Å²) in [5.41, 5.74) is 5.70. The van der Waals surface area contributed by atoms with E-state index in [1.807, 2.05) is 35.7 Å². The fraction of sp³-hybridized carbons (Fsp3) is 0.111. The van der Waals surface area contributed by atoms with E-state index >= 15 is 0 Å². The lowest BCUT2D eigenvalue weighted by Gasteiger charge is -2.09. The zero-order valence-corrected chi connectivity index (χ0v) is 15.3. The van der Waals surface area contributed by atoms with Crippen LogP contribution in [0.1, 0.15) is 5.56 Å². The molecule has 0 aliphatic rings. The molecule has 0 aliphatic carbocycles. The van der Waals surface area contributed by atoms with Crippen LogP contribution in [0.5, 0.6) is 11.5 Å². The van der Waals surface area contributed by atoms with Gasteiger partial charge in [0.1, 0.15) is 0 Å². The summed E-state index contributed by atoms with van der Waals surface area (Å²) < 4.78 is 10.5. The molecule has 0 amide bonds. The fourth-order valence-electron chi connectivity index (χ4n) is 2.24. The lowest BCUT2D eigenvalue weighted by atomic mass is 10.2. The summed E-state index contributed by atoms with van der Waals surface area (Å²) in [5.74, 6) is 1.05. The Balaban J connectivity index is 1.72. The molecule has 5 nitrogen and oxygen atoms in total. The molecule has 1 heterocycles. The number of nitrogens with zero attached hydrogens (tertiary/aromatic N) is 2. The van der Waals surface area contributed by atoms with Crippen LogP contribution < -0.4 is 14.9 Å². The molecule has 0 aliphatic heterocycles. The third-order valence-corrected chi connectivity index (χ3v) is 4.43. The second-order valence-corrected chi connectivity index (χ2v) is 6.28. The average Bonchev–Trinajstić information content (AvgIpc) is 3.11. The van der Waals surface area contributed by atoms with Gasteiger partial charge in [-0.05, 0) is 17.7 Å². The molecular formula is C18H16ClN3O2S. The van der Waals surface area contributed by atoms with Crippen LogP contribution >= 0.6 is 22.9 Å². The zero-order chi connectivity index (χ0) is 17.6. The van der Waals surface area contributed by atoms with E-state index in [1.54, 1.807) is 32.6 Å². The summed E-state index contributed by atoms with van der Waals surface area (Å²) in [7, 11) is 3.11. The van der Waals surface area contributed by atoms with Crippen LogP contribution in [0.25, 0.3) is 11.3 Å². The molecule has 3 rings (SSSR count). The molecule has 1 aromatic heterocycles. The lowest BCUT2D eigenvalue weighted by Crippen LogP contribution is -1.95. The van der Waals surface area contributed by atoms with Gasteiger partial charge in [-0.3, -0.25) is 5.43 Å². The van der Waals surface area contributed by atoms with Crippen molar-refractivity contribution in [2.24, 2.45) is 5.10 Å². The van der Waals surface area contributed by atoms with Gasteiger partial charge in [0.25, 0.3) is 0 Å². The molecule has 0 unspecified atom stereocenters. The molecule has 25 heavy (non-hydrogen) atoms. The van der Waals surface area contributed by atoms with Crippen LogP contribution in [-0.4, -0.2) is 25.4 Å². The van der Waals surface area contributed by atoms with Crippen molar-refractivity contribution < 1.29 is 9.47 Å². The highest BCUT2D eigenvalue weighted by Gasteiger charge is 2.10. The van der Waals surface area contributed by atoms with Crippen molar-refractivity contribution in [2.75, 3.05) is 19.6 Å². The summed E-state index contributed by atoms with van der Waals surface area (Å²) >= 11 is 7.67. The topological polar surface area (TPSA) is 55.7 Å². The summed E-state index contributed by atoms with van der Waals surface area (Å²) in [6, 6.07) is 13.6. The number of hydrogen-bond acceptors (Lipinski definition) is 6. The molecule has 128 valence electrons. The number of anilines is 1. The average molecular weight is 374 g/mol. The molecule has 1 N–H and O–H groups in total. The summed E-state index contributed by atoms with van der Waals surface area (Å²) in [6.45, 7) is 0. The summed E-state index contributed by atoms with van der Waals surface area (Å²) in [4.78, 5) is 4.51. The maximum absolute atomic E-state index is 6.18. The van der Waals surface area contributed by atoms with Crippen molar-refractivity contribution in [2.45, 2.75) is 0 Å². The first-order chi connectivity index (χ1) is 12.2. The van der Waals surface area contributed by atoms with Gasteiger partial charge < -0.3 is 9.47 Å². The Labute approximate surface area is 154 Å². The molecule has 3 aromatic rings. The molecule has 2 aromatic carbocycles. The van der Waals surface area contributed by atoms with Gasteiger partial charge in [-0.1, -0.05) is 41.9 Å². The third kappa shape index (κ3) is 4.10. The Morgan fingerprint density at radius 2 is 1.96 bits per heavy atom. The maximum Gasteiger partial charge on any atom is 0.203 e. The van der Waals surface area contributed by atoms with Crippen LogP contribution in [-0.2, 0) is 0 Å². The van der Waals surface area contributed by atoms with Crippen molar-refractivity contribution in [3.8, 4) is 22.8 Å². The van der Waals surface area contributed by atoms with E-state index in [0.717, 1.165) is 16.8 Å². The molecule has 0 atom stereocenters. The predicted molar refractivity (Wildman–Crippen MR) is 103 cm³/mol. The first-order valence-electron chi connectivity index (χ1n) is 7.43. The number of methoxy groups -OCH3 is 2. The molecule has 7 heteroatoms. The second-order valence-electron chi connectivity index (χ2n) is 5.01. The Kier molecular flexibility index (Phi) is 5.53. The van der Waals surface area contributed by atoms with E-state index in [4.69, 9.17) is 21.1 Å². The van der Waals surface area contributed by atoms with Crippen molar-refractivity contribution >= 4 is 34.3 Å². The van der Waals surface area contributed by atoms with E-state index in [2.05, 4.69) is 15.5 Å². The monoisotopic (exact) mass is 373 g/mol. The van der Waals surface area contributed by atoms with E-state index in [1.165, 1.54) is 11.3 Å². The predicted octanol–water partition coefficient (Wildman–Crippen LogP) is 4.93. The standard InChI is InChI=1S/C18H16ClN3O2S/c1-23-16-9-12(8-14(19)17(16)24-2)10-20-22-18-21-15(11-25-18)13-6-4-3-5-7-13/h3-11H,1-2H3,(H,21,22)/b20-10-. The Morgan fingerprint density at radius 1 is 1.16 bits per heavy atom. The van der Waals surface area contributed by atoms with Gasteiger partial charge in [-0.15, -0.1) is 11.3 Å². The van der Waals surface area contributed by atoms with Gasteiger partial charge in [0.2, 0.25) is 5.13 Å². The van der Waals surface area contributed by atoms with Crippen LogP contribution in [0.3, 0.4) is 0 Å². The highest BCUT2D eigenvalue weighted by Crippen LogP contribution is 2.35. The Hall–Kier alpha value is -2.57. The minimum atomic E-state index is 0.462. The quantitative estimate of drug-likeness (QED) is 0.492. The van der Waals surface area contributed by atoms with Gasteiger partial charge in [0, 0.05) is 10.9 Å². The second kappa shape index (κ2) is 8.00. The minimum absolute atomic E-state index is 0.462. The fourth-order valence-corrected chi connectivity index (χ4v) is 3.21. The molecule has 0 fully saturated rings. The SMILES string of the molecule is COc1cc(/C=N\Nc2nc(-c3ccccc3)cs2)cc(Cl)c1OC. The Bertz CT molecular complexity index is 881. The summed E-state index contributed by atoms with van der Waals surface area (Å²) in [6.07, 6.45) is 1.65. The van der Waals surface area contributed by atoms with E-state index < -0.39 is 0 Å². The summed E-state index contributed by atoms with van der Waals surface area (Å²) in [5, 5.41) is 7.37. The van der Waals surface area contributed by atoms with Gasteiger partial charge in [-0.2, -0.15) is 5.10 Å². The number of thiazole rings is 1. The molecule has 0 spiro atoms. The van der Waals surface area contributed by atoms with Crippen LogP contribution in [0, 0.1) is 0 Å². The number of benzene rings is 2. The van der Waals surface area contributed by atoms with Gasteiger partial charge >= 0.3 is 0 Å². The maximum atomic E-state index is 6.18. The highest BCUT2D eigenvalue weighted by molar-refractivity contribution is 7.14. The van der Waals surface area contributed by atoms with Gasteiger partial charge in [0.05, 0.1) is 31.2 Å². The van der Waals surface area contributed by atoms with Crippen molar-refractivity contribution in [3.05, 3.63) is 58.4 Å². The number of hydrazone groups is 1. The number of aromatic nitrogens is 1. The molecule has 0 saturated carbocycles. The molecular weight excluding hydrogens is 358 g/mol. The highest BCUT2D eigenvalue weighted by atomic mass is 35.5. The third-order valence-electron chi connectivity index (χ3n) is 3.40. The van der Waals surface area contributed by atoms with Crippen LogP contribution in [0.15, 0.2) is 52.9 Å². The number of ether oxygens (including phenoxy) is 2. The van der Waals surface area contributed by atoms with Crippen molar-refractivity contribution in [1.29, 1.82) is 0 Å². The van der Waals surface area contributed by atoms with Crippen molar-refractivity contribution in [3.63, 3.8) is 0 Å². The molecule has 0 saturated heterocycles. The largest absolute Gasteiger partial charge is 0.493 e. The van der Waals surface area contributed by atoms with Gasteiger partial charge in [0.15, 0.2) is 11.5 Å². The first-order valence-corrected chi connectivity index (χ1v) is 8.68. The van der Waals surface area contributed by atoms with Crippen LogP contribution in [0.2, 0.25) is 5.02 Å². The smallest absolute Gasteiger partial charge is 0.203 e. The minimum Gasteiger partial charge on any atom is -0.493 e. The lowest BCUT2D eigenvalue weighted by molar-refractivity contribution is 0.355. The Morgan fingerprint density at radius 3 is 2.68 bits per heavy atom. The first kappa shape index (κ1) is 17.3. The van der Waals surface area contributed by atoms with Crippen molar-refractivity contribution in [1.82, 2.24) is 4.98 Å². The van der Waals surface area contributed by atoms with E-state index in [-0.39, 0.29) is 0 Å². The zero-order valence-electron chi connectivity index (χ0n) is 13.7. The van der Waals surface area contributed by atoms with E-state index in [9.17, 15) is 0 Å². The number of nitrogens with one attached hydrogen (secondary N) is 1. The van der Waals surface area contributed by atoms with Gasteiger partial charge in [-0.25, -0.2) is 4.98 Å². The number of rotatable bonds is 6. The molecule has 0 bridgehead atoms.